The van der Waals surface area contributed by atoms with E-state index in [0.29, 0.717) is 17.0 Å². The van der Waals surface area contributed by atoms with Crippen molar-refractivity contribution in [3.8, 4) is 0 Å². The maximum atomic E-state index is 12.1. The second-order valence-corrected chi connectivity index (χ2v) is 8.63. The van der Waals surface area contributed by atoms with E-state index in [1.807, 2.05) is 6.92 Å². The first-order chi connectivity index (χ1) is 14.7. The van der Waals surface area contributed by atoms with Crippen LogP contribution >= 0.6 is 11.6 Å². The molecule has 162 valence electrons. The first-order valence-electron chi connectivity index (χ1n) is 9.25. The Balaban J connectivity index is 0.000000233. The Kier molecular flexibility index (Phi) is 8.44. The summed E-state index contributed by atoms with van der Waals surface area (Å²) in [6.45, 7) is 4.09. The summed E-state index contributed by atoms with van der Waals surface area (Å²) in [7, 11) is -3.28. The molecule has 3 rings (SSSR count). The van der Waals surface area contributed by atoms with Gasteiger partial charge in [-0.1, -0.05) is 66.6 Å². The largest absolute Gasteiger partial charge is 0.288 e. The van der Waals surface area contributed by atoms with Crippen LogP contribution in [0.15, 0.2) is 77.7 Å². The average Bonchev–Trinajstić information content (AvgIpc) is 2.74. The number of aryl methyl sites for hydroxylation is 1. The van der Waals surface area contributed by atoms with Gasteiger partial charge in [-0.2, -0.15) is 0 Å². The second-order valence-electron chi connectivity index (χ2n) is 6.43. The van der Waals surface area contributed by atoms with Crippen LogP contribution in [0.5, 0.6) is 0 Å². The van der Waals surface area contributed by atoms with Gasteiger partial charge in [0.05, 0.1) is 9.82 Å². The van der Waals surface area contributed by atoms with Gasteiger partial charge in [-0.05, 0) is 31.2 Å². The fourth-order valence-corrected chi connectivity index (χ4v) is 3.79. The summed E-state index contributed by atoms with van der Waals surface area (Å²) in [6, 6.07) is 19.2. The normalized spacial score (nSPS) is 10.7. The van der Waals surface area contributed by atoms with E-state index in [1.54, 1.807) is 61.5 Å². The molecule has 0 spiro atoms. The highest BCUT2D eigenvalue weighted by molar-refractivity contribution is 7.89. The molecule has 7 nitrogen and oxygen atoms in total. The fourth-order valence-electron chi connectivity index (χ4n) is 2.58. The minimum atomic E-state index is -3.28. The Morgan fingerprint density at radius 3 is 2.19 bits per heavy atom. The topological polar surface area (TPSA) is 106 Å². The van der Waals surface area contributed by atoms with Gasteiger partial charge in [0.1, 0.15) is 5.56 Å². The van der Waals surface area contributed by atoms with Gasteiger partial charge in [0.25, 0.3) is 5.69 Å². The van der Waals surface area contributed by atoms with Crippen molar-refractivity contribution in [1.82, 2.24) is 4.72 Å². The monoisotopic (exact) mass is 460 g/mol. The van der Waals surface area contributed by atoms with Crippen molar-refractivity contribution in [2.75, 3.05) is 6.54 Å². The van der Waals surface area contributed by atoms with E-state index in [4.69, 9.17) is 11.6 Å². The number of hydrogen-bond donors (Lipinski definition) is 1. The lowest BCUT2D eigenvalue weighted by Gasteiger charge is -2.03. The lowest BCUT2D eigenvalue weighted by atomic mass is 10.0. The molecule has 0 aliphatic carbocycles. The highest BCUT2D eigenvalue weighted by atomic mass is 35.5. The maximum absolute atomic E-state index is 12.1. The molecule has 0 radical (unpaired) electrons. The number of benzene rings is 3. The molecule has 3 aromatic rings. The van der Waals surface area contributed by atoms with Crippen LogP contribution in [0.4, 0.5) is 5.69 Å². The number of rotatable bonds is 6. The van der Waals surface area contributed by atoms with Gasteiger partial charge in [0.2, 0.25) is 10.0 Å². The number of nitrogens with one attached hydrogen (secondary N) is 1. The SMILES string of the molecule is CCNS(=O)(=O)c1ccc(C)cc1.O=C(c1ccccc1)c1ccc(Cl)cc1[N+](=O)[O-]. The Morgan fingerprint density at radius 1 is 1.03 bits per heavy atom. The van der Waals surface area contributed by atoms with Crippen LogP contribution in [0.2, 0.25) is 5.02 Å². The highest BCUT2D eigenvalue weighted by Crippen LogP contribution is 2.25. The average molecular weight is 461 g/mol. The second kappa shape index (κ2) is 10.8. The van der Waals surface area contributed by atoms with E-state index in [2.05, 4.69) is 4.72 Å². The molecule has 0 unspecified atom stereocenters. The molecule has 0 saturated carbocycles. The lowest BCUT2D eigenvalue weighted by molar-refractivity contribution is -0.385. The van der Waals surface area contributed by atoms with E-state index in [1.165, 1.54) is 18.2 Å². The van der Waals surface area contributed by atoms with Gasteiger partial charge in [0, 0.05) is 23.2 Å². The summed E-state index contributed by atoms with van der Waals surface area (Å²) in [5.74, 6) is -0.390. The molecular formula is C22H21ClN2O5S. The number of carbonyl (C=O) groups excluding carboxylic acids is 1. The number of sulfonamides is 1. The summed E-state index contributed by atoms with van der Waals surface area (Å²) in [6.07, 6.45) is 0. The van der Waals surface area contributed by atoms with Gasteiger partial charge >= 0.3 is 0 Å². The molecule has 31 heavy (non-hydrogen) atoms. The fraction of sp³-hybridized carbons (Fsp3) is 0.136. The minimum Gasteiger partial charge on any atom is -0.288 e. The third kappa shape index (κ3) is 6.71. The van der Waals surface area contributed by atoms with E-state index in [0.717, 1.165) is 5.56 Å². The summed E-state index contributed by atoms with van der Waals surface area (Å²) in [4.78, 5) is 22.8. The number of halogens is 1. The first-order valence-corrected chi connectivity index (χ1v) is 11.1. The van der Waals surface area contributed by atoms with Gasteiger partial charge in [-0.25, -0.2) is 13.1 Å². The minimum absolute atomic E-state index is 0.0376. The number of ketones is 1. The third-order valence-electron chi connectivity index (χ3n) is 4.10. The van der Waals surface area contributed by atoms with Crippen LogP contribution in [-0.2, 0) is 10.0 Å². The van der Waals surface area contributed by atoms with E-state index < -0.39 is 14.9 Å². The Hall–Kier alpha value is -3.07. The van der Waals surface area contributed by atoms with Gasteiger partial charge in [-0.3, -0.25) is 14.9 Å². The molecule has 0 amide bonds. The Morgan fingerprint density at radius 2 is 1.65 bits per heavy atom. The maximum Gasteiger partial charge on any atom is 0.282 e. The molecule has 9 heteroatoms. The number of nitrogens with zero attached hydrogens (tertiary/aromatic N) is 1. The quantitative estimate of drug-likeness (QED) is 0.324. The molecular weight excluding hydrogens is 440 g/mol. The number of hydrogen-bond acceptors (Lipinski definition) is 5. The third-order valence-corrected chi connectivity index (χ3v) is 5.90. The molecule has 0 fully saturated rings. The summed E-state index contributed by atoms with van der Waals surface area (Å²) >= 11 is 5.70. The van der Waals surface area contributed by atoms with Crippen molar-refractivity contribution in [3.05, 3.63) is 105 Å². The van der Waals surface area contributed by atoms with Gasteiger partial charge in [-0.15, -0.1) is 0 Å². The summed E-state index contributed by atoms with van der Waals surface area (Å²) in [5.41, 5.74) is 1.21. The molecule has 0 saturated heterocycles. The molecule has 3 aromatic carbocycles. The van der Waals surface area contributed by atoms with Crippen LogP contribution in [0.3, 0.4) is 0 Å². The Bertz CT molecular complexity index is 1160. The zero-order chi connectivity index (χ0) is 23.0. The van der Waals surface area contributed by atoms with Crippen LogP contribution in [-0.4, -0.2) is 25.7 Å². The van der Waals surface area contributed by atoms with E-state index >= 15 is 0 Å². The molecule has 0 aromatic heterocycles. The predicted octanol–water partition coefficient (Wildman–Crippen LogP) is 4.77. The van der Waals surface area contributed by atoms with Crippen molar-refractivity contribution in [2.24, 2.45) is 0 Å². The summed E-state index contributed by atoms with van der Waals surface area (Å²) in [5, 5.41) is 11.1. The van der Waals surface area contributed by atoms with Gasteiger partial charge in [0.15, 0.2) is 5.78 Å². The van der Waals surface area contributed by atoms with E-state index in [-0.39, 0.29) is 22.1 Å². The zero-order valence-corrected chi connectivity index (χ0v) is 18.5. The molecule has 1 N–H and O–H groups in total. The Labute approximate surface area is 185 Å². The highest BCUT2D eigenvalue weighted by Gasteiger charge is 2.21. The van der Waals surface area contributed by atoms with Crippen molar-refractivity contribution in [2.45, 2.75) is 18.7 Å². The molecule has 0 aliphatic heterocycles. The first kappa shape index (κ1) is 24.2. The number of nitro benzene ring substituents is 1. The molecule has 0 atom stereocenters. The van der Waals surface area contributed by atoms with Crippen molar-refractivity contribution in [3.63, 3.8) is 0 Å². The van der Waals surface area contributed by atoms with Crippen LogP contribution < -0.4 is 4.72 Å². The lowest BCUT2D eigenvalue weighted by Crippen LogP contribution is -2.22. The zero-order valence-electron chi connectivity index (χ0n) is 16.9. The number of carbonyl (C=O) groups is 1. The van der Waals surface area contributed by atoms with Crippen molar-refractivity contribution >= 4 is 33.1 Å². The standard InChI is InChI=1S/C13H8ClNO3.C9H13NO2S/c14-10-6-7-11(12(8-10)15(17)18)13(16)9-4-2-1-3-5-9;1-3-10-13(11,12)9-6-4-8(2)5-7-9/h1-8H;4-7,10H,3H2,1-2H3. The smallest absolute Gasteiger partial charge is 0.282 e. The van der Waals surface area contributed by atoms with Crippen LogP contribution in [0.1, 0.15) is 28.4 Å². The van der Waals surface area contributed by atoms with E-state index in [9.17, 15) is 23.3 Å². The van der Waals surface area contributed by atoms with Crippen molar-refractivity contribution in [1.29, 1.82) is 0 Å². The molecule has 0 aliphatic rings. The summed E-state index contributed by atoms with van der Waals surface area (Å²) < 4.78 is 25.3. The van der Waals surface area contributed by atoms with Crippen LogP contribution in [0.25, 0.3) is 0 Å². The van der Waals surface area contributed by atoms with Crippen LogP contribution in [0, 0.1) is 17.0 Å². The molecule has 0 bridgehead atoms. The number of nitro groups is 1. The predicted molar refractivity (Wildman–Crippen MR) is 120 cm³/mol. The van der Waals surface area contributed by atoms with Gasteiger partial charge < -0.3 is 0 Å². The van der Waals surface area contributed by atoms with Crippen molar-refractivity contribution < 1.29 is 18.1 Å². The molecule has 0 heterocycles.